The number of hydrogen-bond donors (Lipinski definition) is 0. The first kappa shape index (κ1) is 10.9. The Morgan fingerprint density at radius 1 is 1.24 bits per heavy atom. The maximum atomic E-state index is 11.4. The number of Topliss-reactive ketones (excluding diaryl/α,β-unsaturated/α-hetero) is 1. The molecule has 17 heavy (non-hydrogen) atoms. The number of carbonyl (C=O) groups excluding carboxylic acids is 1. The van der Waals surface area contributed by atoms with Crippen LogP contribution in [0.25, 0.3) is 0 Å². The van der Waals surface area contributed by atoms with Crippen molar-refractivity contribution in [3.05, 3.63) is 35.9 Å². The van der Waals surface area contributed by atoms with Crippen LogP contribution in [0.5, 0.6) is 0 Å². The molecule has 0 saturated carbocycles. The summed E-state index contributed by atoms with van der Waals surface area (Å²) in [6, 6.07) is 10.4. The molecule has 2 heterocycles. The Morgan fingerprint density at radius 2 is 2.00 bits per heavy atom. The summed E-state index contributed by atoms with van der Waals surface area (Å²) in [7, 11) is 0. The number of ether oxygens (including phenoxy) is 1. The fourth-order valence-electron chi connectivity index (χ4n) is 2.81. The van der Waals surface area contributed by atoms with Gasteiger partial charge in [-0.2, -0.15) is 0 Å². The summed E-state index contributed by atoms with van der Waals surface area (Å²) in [6.07, 6.45) is 1.21. The number of benzene rings is 1. The molecule has 3 heteroatoms. The second kappa shape index (κ2) is 4.24. The maximum absolute atomic E-state index is 11.4. The molecule has 0 unspecified atom stereocenters. The lowest BCUT2D eigenvalue weighted by Crippen LogP contribution is -2.64. The van der Waals surface area contributed by atoms with Gasteiger partial charge >= 0.3 is 0 Å². The molecule has 0 radical (unpaired) electrons. The summed E-state index contributed by atoms with van der Waals surface area (Å²) in [6.45, 7) is 3.36. The quantitative estimate of drug-likeness (QED) is 0.774. The second-order valence-electron chi connectivity index (χ2n) is 5.13. The first-order valence-electron chi connectivity index (χ1n) is 6.18. The van der Waals surface area contributed by atoms with E-state index in [0.717, 1.165) is 19.6 Å². The van der Waals surface area contributed by atoms with E-state index < -0.39 is 0 Å². The van der Waals surface area contributed by atoms with E-state index in [-0.39, 0.29) is 5.60 Å². The molecule has 1 aromatic carbocycles. The van der Waals surface area contributed by atoms with Crippen LogP contribution in [0.1, 0.15) is 18.4 Å². The average molecular weight is 231 g/mol. The van der Waals surface area contributed by atoms with Crippen molar-refractivity contribution in [2.75, 3.05) is 19.7 Å². The van der Waals surface area contributed by atoms with Crippen molar-refractivity contribution in [1.29, 1.82) is 0 Å². The van der Waals surface area contributed by atoms with Crippen molar-refractivity contribution in [3.8, 4) is 0 Å². The number of likely N-dealkylation sites (tertiary alicyclic amines) is 1. The molecule has 3 rings (SSSR count). The number of hydrogen-bond acceptors (Lipinski definition) is 3. The lowest BCUT2D eigenvalue weighted by Gasteiger charge is -2.51. The van der Waals surface area contributed by atoms with E-state index in [1.807, 2.05) is 6.07 Å². The molecule has 0 bridgehead atoms. The molecule has 0 amide bonds. The van der Waals surface area contributed by atoms with Crippen molar-refractivity contribution in [1.82, 2.24) is 4.90 Å². The van der Waals surface area contributed by atoms with Crippen molar-refractivity contribution < 1.29 is 9.53 Å². The summed E-state index contributed by atoms with van der Waals surface area (Å²) < 4.78 is 5.78. The molecule has 0 aromatic heterocycles. The molecule has 0 atom stereocenters. The van der Waals surface area contributed by atoms with E-state index in [9.17, 15) is 4.79 Å². The van der Waals surface area contributed by atoms with Gasteiger partial charge in [-0.1, -0.05) is 30.3 Å². The van der Waals surface area contributed by atoms with Crippen molar-refractivity contribution in [2.24, 2.45) is 0 Å². The van der Waals surface area contributed by atoms with Gasteiger partial charge in [0.15, 0.2) is 0 Å². The summed E-state index contributed by atoms with van der Waals surface area (Å²) >= 11 is 0. The Balaban J connectivity index is 1.56. The molecule has 2 aliphatic heterocycles. The van der Waals surface area contributed by atoms with Gasteiger partial charge in [-0.05, 0) is 5.56 Å². The summed E-state index contributed by atoms with van der Waals surface area (Å²) in [4.78, 5) is 13.8. The van der Waals surface area contributed by atoms with E-state index in [1.54, 1.807) is 0 Å². The van der Waals surface area contributed by atoms with Gasteiger partial charge in [-0.25, -0.2) is 0 Å². The molecule has 1 spiro atoms. The molecule has 2 fully saturated rings. The van der Waals surface area contributed by atoms with Crippen molar-refractivity contribution in [2.45, 2.75) is 25.0 Å². The standard InChI is InChI=1S/C14H17NO2/c16-13-6-7-17-14(8-13)10-15(11-14)9-12-4-2-1-3-5-12/h1-5H,6-11H2. The zero-order valence-corrected chi connectivity index (χ0v) is 9.89. The normalized spacial score (nSPS) is 23.6. The number of carbonyl (C=O) groups is 1. The maximum Gasteiger partial charge on any atom is 0.138 e. The zero-order valence-electron chi connectivity index (χ0n) is 9.89. The fraction of sp³-hybridized carbons (Fsp3) is 0.500. The van der Waals surface area contributed by atoms with Crippen LogP contribution in [0.15, 0.2) is 30.3 Å². The molecule has 3 nitrogen and oxygen atoms in total. The highest BCUT2D eigenvalue weighted by atomic mass is 16.5. The minimum atomic E-state index is -0.149. The molecular weight excluding hydrogens is 214 g/mol. The average Bonchev–Trinajstić information content (AvgIpc) is 2.28. The van der Waals surface area contributed by atoms with Crippen molar-refractivity contribution >= 4 is 5.78 Å². The first-order chi connectivity index (χ1) is 8.26. The molecule has 1 aromatic rings. The molecule has 90 valence electrons. The van der Waals surface area contributed by atoms with E-state index in [0.29, 0.717) is 25.2 Å². The highest BCUT2D eigenvalue weighted by Gasteiger charge is 2.46. The summed E-state index contributed by atoms with van der Waals surface area (Å²) in [5.74, 6) is 0.357. The SMILES string of the molecule is O=C1CCOC2(C1)CN(Cc1ccccc1)C2. The van der Waals surface area contributed by atoms with Gasteiger partial charge in [-0.15, -0.1) is 0 Å². The van der Waals surface area contributed by atoms with Gasteiger partial charge in [0.05, 0.1) is 6.61 Å². The van der Waals surface area contributed by atoms with Gasteiger partial charge in [0.25, 0.3) is 0 Å². The number of nitrogens with zero attached hydrogens (tertiary/aromatic N) is 1. The predicted molar refractivity (Wildman–Crippen MR) is 64.6 cm³/mol. The minimum absolute atomic E-state index is 0.149. The van der Waals surface area contributed by atoms with Gasteiger partial charge in [0.2, 0.25) is 0 Å². The van der Waals surface area contributed by atoms with Crippen LogP contribution in [0.2, 0.25) is 0 Å². The van der Waals surface area contributed by atoms with Crippen LogP contribution >= 0.6 is 0 Å². The van der Waals surface area contributed by atoms with Crippen LogP contribution < -0.4 is 0 Å². The molecule has 2 saturated heterocycles. The highest BCUT2D eigenvalue weighted by Crippen LogP contribution is 2.33. The fourth-order valence-corrected chi connectivity index (χ4v) is 2.81. The molecule has 0 N–H and O–H groups in total. The van der Waals surface area contributed by atoms with E-state index in [2.05, 4.69) is 29.2 Å². The monoisotopic (exact) mass is 231 g/mol. The third kappa shape index (κ3) is 2.26. The van der Waals surface area contributed by atoms with Crippen LogP contribution in [-0.4, -0.2) is 36.0 Å². The second-order valence-corrected chi connectivity index (χ2v) is 5.13. The molecule has 2 aliphatic rings. The number of rotatable bonds is 2. The first-order valence-corrected chi connectivity index (χ1v) is 6.18. The topological polar surface area (TPSA) is 29.5 Å². The minimum Gasteiger partial charge on any atom is -0.371 e. The predicted octanol–water partition coefficient (Wildman–Crippen LogP) is 1.62. The van der Waals surface area contributed by atoms with Gasteiger partial charge in [0, 0.05) is 32.5 Å². The Kier molecular flexibility index (Phi) is 2.73. The summed E-state index contributed by atoms with van der Waals surface area (Å²) in [5.41, 5.74) is 1.17. The third-order valence-corrected chi connectivity index (χ3v) is 3.58. The number of ketones is 1. The van der Waals surface area contributed by atoms with Crippen molar-refractivity contribution in [3.63, 3.8) is 0 Å². The molecule has 0 aliphatic carbocycles. The lowest BCUT2D eigenvalue weighted by atomic mass is 9.85. The van der Waals surface area contributed by atoms with Crippen LogP contribution in [0, 0.1) is 0 Å². The Labute approximate surface area is 101 Å². The smallest absolute Gasteiger partial charge is 0.138 e. The van der Waals surface area contributed by atoms with Crippen LogP contribution in [0.3, 0.4) is 0 Å². The highest BCUT2D eigenvalue weighted by molar-refractivity contribution is 5.80. The largest absolute Gasteiger partial charge is 0.371 e. The Bertz CT molecular complexity index is 409. The van der Waals surface area contributed by atoms with Crippen LogP contribution in [0.4, 0.5) is 0 Å². The third-order valence-electron chi connectivity index (χ3n) is 3.58. The van der Waals surface area contributed by atoms with Crippen LogP contribution in [-0.2, 0) is 16.1 Å². The zero-order chi connectivity index (χ0) is 11.7. The van der Waals surface area contributed by atoms with Gasteiger partial charge < -0.3 is 4.74 Å². The van der Waals surface area contributed by atoms with E-state index in [1.165, 1.54) is 5.56 Å². The Hall–Kier alpha value is -1.19. The van der Waals surface area contributed by atoms with Gasteiger partial charge in [0.1, 0.15) is 11.4 Å². The van der Waals surface area contributed by atoms with Gasteiger partial charge in [-0.3, -0.25) is 9.69 Å². The summed E-state index contributed by atoms with van der Waals surface area (Å²) in [5, 5.41) is 0. The lowest BCUT2D eigenvalue weighted by molar-refractivity contribution is -0.175. The van der Waals surface area contributed by atoms with E-state index in [4.69, 9.17) is 4.74 Å². The Morgan fingerprint density at radius 3 is 2.71 bits per heavy atom. The molecular formula is C14H17NO2. The van der Waals surface area contributed by atoms with E-state index >= 15 is 0 Å².